The zero-order valence-corrected chi connectivity index (χ0v) is 12.7. The van der Waals surface area contributed by atoms with Crippen molar-refractivity contribution in [2.75, 3.05) is 0 Å². The average molecular weight is 284 g/mol. The van der Waals surface area contributed by atoms with Gasteiger partial charge in [0.1, 0.15) is 0 Å². The lowest BCUT2D eigenvalue weighted by Gasteiger charge is -2.34. The second-order valence-corrected chi connectivity index (χ2v) is 6.21. The molecule has 0 saturated carbocycles. The van der Waals surface area contributed by atoms with Gasteiger partial charge in [0, 0.05) is 0 Å². The third kappa shape index (κ3) is 2.46. The molecule has 0 radical (unpaired) electrons. The highest BCUT2D eigenvalue weighted by Crippen LogP contribution is 2.42. The number of hydrogen-bond acceptors (Lipinski definition) is 0. The van der Waals surface area contributed by atoms with Crippen molar-refractivity contribution in [3.05, 3.63) is 107 Å². The van der Waals surface area contributed by atoms with Gasteiger partial charge in [0.2, 0.25) is 0 Å². The number of hydrogen-bond donors (Lipinski definition) is 0. The predicted molar refractivity (Wildman–Crippen MR) is 92.2 cm³/mol. The molecule has 0 unspecified atom stereocenters. The molecule has 0 saturated heterocycles. The summed E-state index contributed by atoms with van der Waals surface area (Å²) >= 11 is 0. The van der Waals surface area contributed by atoms with Crippen LogP contribution in [0.2, 0.25) is 0 Å². The Morgan fingerprint density at radius 2 is 0.818 bits per heavy atom. The van der Waals surface area contributed by atoms with Gasteiger partial charge in [0.05, 0.1) is 0 Å². The lowest BCUT2D eigenvalue weighted by Crippen LogP contribution is -2.22. The number of benzene rings is 3. The Kier molecular flexibility index (Phi) is 3.52. The van der Waals surface area contributed by atoms with Crippen molar-refractivity contribution in [2.45, 2.75) is 24.7 Å². The molecule has 0 N–H and O–H groups in total. The van der Waals surface area contributed by atoms with Crippen molar-refractivity contribution >= 4 is 0 Å². The van der Waals surface area contributed by atoms with E-state index in [0.29, 0.717) is 11.8 Å². The SMILES string of the molecule is c1ccc([C@@H]2Cc3ccccc3C[C@H]2c2ccccc2)cc1. The van der Waals surface area contributed by atoms with Crippen LogP contribution in [-0.2, 0) is 12.8 Å². The van der Waals surface area contributed by atoms with Crippen molar-refractivity contribution in [3.8, 4) is 0 Å². The third-order valence-electron chi connectivity index (χ3n) is 4.94. The van der Waals surface area contributed by atoms with E-state index in [9.17, 15) is 0 Å². The summed E-state index contributed by atoms with van der Waals surface area (Å²) in [5.41, 5.74) is 5.96. The summed E-state index contributed by atoms with van der Waals surface area (Å²) in [6.07, 6.45) is 2.28. The lowest BCUT2D eigenvalue weighted by atomic mass is 9.70. The van der Waals surface area contributed by atoms with Gasteiger partial charge in [-0.05, 0) is 46.9 Å². The first-order valence-electron chi connectivity index (χ1n) is 8.08. The maximum absolute atomic E-state index is 2.30. The van der Waals surface area contributed by atoms with Crippen LogP contribution in [0, 0.1) is 0 Å². The largest absolute Gasteiger partial charge is 0.0622 e. The zero-order valence-electron chi connectivity index (χ0n) is 12.7. The van der Waals surface area contributed by atoms with Crippen molar-refractivity contribution < 1.29 is 0 Å². The maximum atomic E-state index is 2.30. The Hall–Kier alpha value is -2.34. The molecule has 0 fully saturated rings. The Balaban J connectivity index is 1.79. The van der Waals surface area contributed by atoms with Crippen molar-refractivity contribution in [1.82, 2.24) is 0 Å². The van der Waals surface area contributed by atoms with E-state index in [2.05, 4.69) is 84.9 Å². The van der Waals surface area contributed by atoms with Gasteiger partial charge in [-0.25, -0.2) is 0 Å². The molecule has 4 rings (SSSR count). The number of fused-ring (bicyclic) bond motifs is 1. The minimum absolute atomic E-state index is 0.568. The molecule has 1 aliphatic carbocycles. The Bertz CT molecular complexity index is 677. The summed E-state index contributed by atoms with van der Waals surface area (Å²) in [5.74, 6) is 1.14. The monoisotopic (exact) mass is 284 g/mol. The van der Waals surface area contributed by atoms with E-state index in [1.165, 1.54) is 22.3 Å². The van der Waals surface area contributed by atoms with E-state index in [0.717, 1.165) is 12.8 Å². The molecule has 3 aromatic rings. The molecule has 0 bridgehead atoms. The van der Waals surface area contributed by atoms with E-state index in [4.69, 9.17) is 0 Å². The van der Waals surface area contributed by atoms with Crippen LogP contribution in [0.15, 0.2) is 84.9 Å². The first-order chi connectivity index (χ1) is 10.9. The fourth-order valence-electron chi connectivity index (χ4n) is 3.81. The highest BCUT2D eigenvalue weighted by molar-refractivity contribution is 5.39. The molecule has 0 amide bonds. The summed E-state index contributed by atoms with van der Waals surface area (Å²) in [7, 11) is 0. The second kappa shape index (κ2) is 5.81. The van der Waals surface area contributed by atoms with Crippen LogP contribution >= 0.6 is 0 Å². The second-order valence-electron chi connectivity index (χ2n) is 6.21. The van der Waals surface area contributed by atoms with Crippen LogP contribution in [0.25, 0.3) is 0 Å². The molecule has 0 spiro atoms. The van der Waals surface area contributed by atoms with Gasteiger partial charge in [-0.3, -0.25) is 0 Å². The zero-order chi connectivity index (χ0) is 14.8. The van der Waals surface area contributed by atoms with Gasteiger partial charge in [-0.15, -0.1) is 0 Å². The Morgan fingerprint density at radius 1 is 0.455 bits per heavy atom. The molecule has 0 nitrogen and oxygen atoms in total. The van der Waals surface area contributed by atoms with E-state index >= 15 is 0 Å². The first-order valence-corrected chi connectivity index (χ1v) is 8.08. The van der Waals surface area contributed by atoms with Gasteiger partial charge in [0.15, 0.2) is 0 Å². The van der Waals surface area contributed by atoms with E-state index in [1.54, 1.807) is 0 Å². The van der Waals surface area contributed by atoms with E-state index in [1.807, 2.05) is 0 Å². The molecular formula is C22H20. The third-order valence-corrected chi connectivity index (χ3v) is 4.94. The molecule has 0 aromatic heterocycles. The molecule has 0 heterocycles. The summed E-state index contributed by atoms with van der Waals surface area (Å²) in [6, 6.07) is 31.0. The normalized spacial score (nSPS) is 20.4. The van der Waals surface area contributed by atoms with Crippen LogP contribution in [0.5, 0.6) is 0 Å². The first kappa shape index (κ1) is 13.3. The van der Waals surface area contributed by atoms with Crippen LogP contribution in [0.4, 0.5) is 0 Å². The van der Waals surface area contributed by atoms with Gasteiger partial charge in [-0.1, -0.05) is 84.9 Å². The minimum atomic E-state index is 0.568. The van der Waals surface area contributed by atoms with Crippen LogP contribution in [0.3, 0.4) is 0 Å². The summed E-state index contributed by atoms with van der Waals surface area (Å²) in [5, 5.41) is 0. The topological polar surface area (TPSA) is 0 Å². The van der Waals surface area contributed by atoms with Crippen LogP contribution in [0.1, 0.15) is 34.1 Å². The maximum Gasteiger partial charge on any atom is -0.00493 e. The van der Waals surface area contributed by atoms with E-state index < -0.39 is 0 Å². The standard InChI is InChI=1S/C22H20/c1-3-9-17(10-4-1)21-15-19-13-7-8-14-20(19)16-22(21)18-11-5-2-6-12-18/h1-14,21-22H,15-16H2/t21-,22-/m0/s1. The molecular weight excluding hydrogens is 264 g/mol. The molecule has 22 heavy (non-hydrogen) atoms. The van der Waals surface area contributed by atoms with Crippen molar-refractivity contribution in [3.63, 3.8) is 0 Å². The quantitative estimate of drug-likeness (QED) is 0.595. The smallest absolute Gasteiger partial charge is 0.00493 e. The Labute approximate surface area is 132 Å². The summed E-state index contributed by atoms with van der Waals surface area (Å²) < 4.78 is 0. The molecule has 0 heteroatoms. The fourth-order valence-corrected chi connectivity index (χ4v) is 3.81. The molecule has 0 aliphatic heterocycles. The summed E-state index contributed by atoms with van der Waals surface area (Å²) in [4.78, 5) is 0. The van der Waals surface area contributed by atoms with Gasteiger partial charge < -0.3 is 0 Å². The van der Waals surface area contributed by atoms with Crippen LogP contribution < -0.4 is 0 Å². The number of rotatable bonds is 2. The van der Waals surface area contributed by atoms with Crippen molar-refractivity contribution in [1.29, 1.82) is 0 Å². The minimum Gasteiger partial charge on any atom is -0.0622 e. The van der Waals surface area contributed by atoms with Gasteiger partial charge in [0.25, 0.3) is 0 Å². The predicted octanol–water partition coefficient (Wildman–Crippen LogP) is 5.35. The highest BCUT2D eigenvalue weighted by atomic mass is 14.3. The molecule has 108 valence electrons. The van der Waals surface area contributed by atoms with E-state index in [-0.39, 0.29) is 0 Å². The fraction of sp³-hybridized carbons (Fsp3) is 0.182. The highest BCUT2D eigenvalue weighted by Gasteiger charge is 2.30. The van der Waals surface area contributed by atoms with Crippen molar-refractivity contribution in [2.24, 2.45) is 0 Å². The molecule has 3 aromatic carbocycles. The Morgan fingerprint density at radius 3 is 1.23 bits per heavy atom. The lowest BCUT2D eigenvalue weighted by molar-refractivity contribution is 0.501. The summed E-state index contributed by atoms with van der Waals surface area (Å²) in [6.45, 7) is 0. The van der Waals surface area contributed by atoms with Gasteiger partial charge in [-0.2, -0.15) is 0 Å². The average Bonchev–Trinajstić information content (AvgIpc) is 2.62. The molecule has 2 atom stereocenters. The van der Waals surface area contributed by atoms with Gasteiger partial charge >= 0.3 is 0 Å². The molecule has 1 aliphatic rings. The van der Waals surface area contributed by atoms with Crippen LogP contribution in [-0.4, -0.2) is 0 Å².